The molecule has 0 radical (unpaired) electrons. The lowest BCUT2D eigenvalue weighted by Crippen LogP contribution is -2.47. The van der Waals surface area contributed by atoms with Gasteiger partial charge in [0.15, 0.2) is 5.16 Å². The molecule has 10 heteroatoms. The van der Waals surface area contributed by atoms with E-state index in [1.807, 2.05) is 43.7 Å². The van der Waals surface area contributed by atoms with E-state index in [1.165, 1.54) is 0 Å². The van der Waals surface area contributed by atoms with E-state index < -0.39 is 0 Å². The molecule has 182 valence electrons. The number of thioether (sulfide) groups is 3. The van der Waals surface area contributed by atoms with Crippen molar-refractivity contribution < 1.29 is 4.79 Å². The van der Waals surface area contributed by atoms with Crippen molar-refractivity contribution in [1.29, 1.82) is 0 Å². The Labute approximate surface area is 214 Å². The number of para-hydroxylation sites is 2. The number of carbonyl (C=O) groups is 1. The van der Waals surface area contributed by atoms with Crippen molar-refractivity contribution in [1.82, 2.24) is 24.8 Å². The van der Waals surface area contributed by atoms with Crippen molar-refractivity contribution in [2.45, 2.75) is 28.4 Å². The van der Waals surface area contributed by atoms with Gasteiger partial charge in [-0.25, -0.2) is 9.97 Å². The number of amides is 1. The van der Waals surface area contributed by atoms with Crippen molar-refractivity contribution in [2.24, 2.45) is 0 Å². The SMILES string of the molecule is CSc1cc(C)nc(SC)c1NC(=O)CCN1CCN(CCSc2nc3ccccc3[nH]2)CC1. The van der Waals surface area contributed by atoms with Gasteiger partial charge in [-0.15, -0.1) is 23.5 Å². The number of H-pyrrole nitrogens is 1. The second-order valence-electron chi connectivity index (χ2n) is 8.24. The first kappa shape index (κ1) is 25.4. The van der Waals surface area contributed by atoms with E-state index in [4.69, 9.17) is 0 Å². The predicted molar refractivity (Wildman–Crippen MR) is 145 cm³/mol. The zero-order valence-electron chi connectivity index (χ0n) is 20.0. The maximum atomic E-state index is 12.7. The van der Waals surface area contributed by atoms with Gasteiger partial charge in [-0.1, -0.05) is 23.9 Å². The van der Waals surface area contributed by atoms with Crippen molar-refractivity contribution in [3.8, 4) is 0 Å². The van der Waals surface area contributed by atoms with Crippen LogP contribution in [0.2, 0.25) is 0 Å². The largest absolute Gasteiger partial charge is 0.333 e. The second-order valence-corrected chi connectivity index (χ2v) is 11.0. The molecule has 1 aliphatic heterocycles. The van der Waals surface area contributed by atoms with Crippen LogP contribution in [0, 0.1) is 6.92 Å². The number of aromatic amines is 1. The van der Waals surface area contributed by atoms with Gasteiger partial charge in [0, 0.05) is 62.0 Å². The summed E-state index contributed by atoms with van der Waals surface area (Å²) in [6.45, 7) is 7.90. The maximum absolute atomic E-state index is 12.7. The number of fused-ring (bicyclic) bond motifs is 1. The van der Waals surface area contributed by atoms with Crippen LogP contribution in [-0.4, -0.2) is 88.2 Å². The molecular weight excluding hydrogens is 485 g/mol. The molecule has 1 fully saturated rings. The minimum atomic E-state index is 0.0564. The minimum Gasteiger partial charge on any atom is -0.333 e. The summed E-state index contributed by atoms with van der Waals surface area (Å²) < 4.78 is 0. The molecule has 3 aromatic rings. The number of hydrogen-bond donors (Lipinski definition) is 2. The van der Waals surface area contributed by atoms with E-state index in [0.29, 0.717) is 6.42 Å². The van der Waals surface area contributed by atoms with Gasteiger partial charge in [0.1, 0.15) is 5.03 Å². The van der Waals surface area contributed by atoms with E-state index in [2.05, 4.69) is 36.1 Å². The molecule has 1 amide bonds. The molecule has 2 aromatic heterocycles. The lowest BCUT2D eigenvalue weighted by Gasteiger charge is -2.34. The Bertz CT molecular complexity index is 1060. The van der Waals surface area contributed by atoms with E-state index in [9.17, 15) is 4.79 Å². The molecule has 34 heavy (non-hydrogen) atoms. The number of nitrogens with zero attached hydrogens (tertiary/aromatic N) is 4. The number of carbonyl (C=O) groups excluding carboxylic acids is 1. The smallest absolute Gasteiger partial charge is 0.225 e. The third kappa shape index (κ3) is 6.69. The van der Waals surface area contributed by atoms with Crippen LogP contribution in [0.5, 0.6) is 0 Å². The fourth-order valence-electron chi connectivity index (χ4n) is 4.01. The highest BCUT2D eigenvalue weighted by Crippen LogP contribution is 2.33. The Kier molecular flexibility index (Phi) is 9.18. The highest BCUT2D eigenvalue weighted by atomic mass is 32.2. The van der Waals surface area contributed by atoms with Crippen LogP contribution in [0.25, 0.3) is 11.0 Å². The van der Waals surface area contributed by atoms with Gasteiger partial charge in [-0.05, 0) is 37.6 Å². The van der Waals surface area contributed by atoms with Gasteiger partial charge >= 0.3 is 0 Å². The Morgan fingerprint density at radius 3 is 2.50 bits per heavy atom. The lowest BCUT2D eigenvalue weighted by molar-refractivity contribution is -0.116. The zero-order chi connectivity index (χ0) is 23.9. The molecule has 0 spiro atoms. The maximum Gasteiger partial charge on any atom is 0.225 e. The first-order chi connectivity index (χ1) is 16.6. The van der Waals surface area contributed by atoms with E-state index in [-0.39, 0.29) is 5.91 Å². The number of piperazine rings is 1. The highest BCUT2D eigenvalue weighted by Gasteiger charge is 2.19. The molecule has 1 aromatic carbocycles. The topological polar surface area (TPSA) is 77.2 Å². The van der Waals surface area contributed by atoms with Crippen LogP contribution in [0.3, 0.4) is 0 Å². The van der Waals surface area contributed by atoms with Crippen LogP contribution < -0.4 is 5.32 Å². The summed E-state index contributed by atoms with van der Waals surface area (Å²) in [4.78, 5) is 31.2. The summed E-state index contributed by atoms with van der Waals surface area (Å²) in [5.41, 5.74) is 3.94. The van der Waals surface area contributed by atoms with Crippen LogP contribution in [0.15, 0.2) is 45.4 Å². The minimum absolute atomic E-state index is 0.0564. The molecule has 3 heterocycles. The van der Waals surface area contributed by atoms with Gasteiger partial charge in [0.2, 0.25) is 5.91 Å². The summed E-state index contributed by atoms with van der Waals surface area (Å²) in [7, 11) is 0. The molecule has 0 atom stereocenters. The third-order valence-corrected chi connectivity index (χ3v) is 8.19. The number of imidazole rings is 1. The first-order valence-electron chi connectivity index (χ1n) is 11.5. The number of hydrogen-bond acceptors (Lipinski definition) is 8. The quantitative estimate of drug-likeness (QED) is 0.383. The molecular formula is C24H32N6OS3. The number of nitrogens with one attached hydrogen (secondary N) is 2. The monoisotopic (exact) mass is 516 g/mol. The Hall–Kier alpha value is -1.72. The van der Waals surface area contributed by atoms with Crippen molar-refractivity contribution in [3.63, 3.8) is 0 Å². The molecule has 0 bridgehead atoms. The summed E-state index contributed by atoms with van der Waals surface area (Å²) in [5, 5.41) is 4.99. The van der Waals surface area contributed by atoms with Crippen LogP contribution >= 0.6 is 35.3 Å². The summed E-state index contributed by atoms with van der Waals surface area (Å²) >= 11 is 4.99. The second kappa shape index (κ2) is 12.3. The molecule has 0 saturated carbocycles. The molecule has 2 N–H and O–H groups in total. The lowest BCUT2D eigenvalue weighted by atomic mass is 10.2. The molecule has 7 nitrogen and oxygen atoms in total. The molecule has 0 aliphatic carbocycles. The predicted octanol–water partition coefficient (Wildman–Crippen LogP) is 4.45. The third-order valence-electron chi connectivity index (χ3n) is 5.89. The Balaban J connectivity index is 1.17. The number of pyridine rings is 1. The molecule has 1 saturated heterocycles. The van der Waals surface area contributed by atoms with Gasteiger partial charge < -0.3 is 15.2 Å². The number of anilines is 1. The van der Waals surface area contributed by atoms with Gasteiger partial charge in [0.25, 0.3) is 0 Å². The first-order valence-corrected chi connectivity index (χ1v) is 14.9. The number of benzene rings is 1. The standard InChI is InChI=1S/C24H32N6OS3/c1-17-16-20(32-2)22(23(25-17)33-3)28-21(31)8-9-29-10-12-30(13-11-29)14-15-34-24-26-18-6-4-5-7-19(18)27-24/h4-7,16H,8-15H2,1-3H3,(H,26,27)(H,28,31). The molecule has 4 rings (SSSR count). The zero-order valence-corrected chi connectivity index (χ0v) is 22.4. The van der Waals surface area contributed by atoms with E-state index >= 15 is 0 Å². The Morgan fingerprint density at radius 2 is 1.79 bits per heavy atom. The van der Waals surface area contributed by atoms with E-state index in [1.54, 1.807) is 35.3 Å². The van der Waals surface area contributed by atoms with Crippen LogP contribution in [-0.2, 0) is 4.79 Å². The van der Waals surface area contributed by atoms with Crippen molar-refractivity contribution >= 4 is 57.9 Å². The molecule has 0 unspecified atom stereocenters. The fraction of sp³-hybridized carbons (Fsp3) is 0.458. The number of aryl methyl sites for hydroxylation is 1. The summed E-state index contributed by atoms with van der Waals surface area (Å²) in [6, 6.07) is 10.2. The number of rotatable bonds is 10. The van der Waals surface area contributed by atoms with E-state index in [0.717, 1.165) is 82.5 Å². The van der Waals surface area contributed by atoms with Gasteiger partial charge in [0.05, 0.1) is 16.7 Å². The van der Waals surface area contributed by atoms with Crippen LogP contribution in [0.1, 0.15) is 12.1 Å². The summed E-state index contributed by atoms with van der Waals surface area (Å²) in [6.07, 6.45) is 4.52. The van der Waals surface area contributed by atoms with Gasteiger partial charge in [-0.3, -0.25) is 9.69 Å². The summed E-state index contributed by atoms with van der Waals surface area (Å²) in [5.74, 6) is 1.07. The number of aromatic nitrogens is 3. The average molecular weight is 517 g/mol. The Morgan fingerprint density at radius 1 is 1.06 bits per heavy atom. The van der Waals surface area contributed by atoms with Crippen LogP contribution in [0.4, 0.5) is 5.69 Å². The normalized spacial score (nSPS) is 15.1. The fourth-order valence-corrected chi connectivity index (χ4v) is 6.20. The van der Waals surface area contributed by atoms with Crippen molar-refractivity contribution in [3.05, 3.63) is 36.0 Å². The highest BCUT2D eigenvalue weighted by molar-refractivity contribution is 7.99. The average Bonchev–Trinajstić information content (AvgIpc) is 3.27. The van der Waals surface area contributed by atoms with Crippen molar-refractivity contribution in [2.75, 3.05) is 62.8 Å². The molecule has 1 aliphatic rings. The van der Waals surface area contributed by atoms with Gasteiger partial charge in [-0.2, -0.15) is 0 Å².